The number of amides is 1. The molecule has 25 heavy (non-hydrogen) atoms. The number of fused-ring (bicyclic) bond motifs is 1. The number of hydrogen-bond acceptors (Lipinski definition) is 3. The van der Waals surface area contributed by atoms with Gasteiger partial charge in [0, 0.05) is 24.1 Å². The fraction of sp³-hybridized carbons (Fsp3) is 0.250. The van der Waals surface area contributed by atoms with Crippen LogP contribution in [0.15, 0.2) is 47.4 Å². The summed E-state index contributed by atoms with van der Waals surface area (Å²) in [6, 6.07) is 11.0. The molecule has 1 N–H and O–H groups in total. The molecular weight excluding hydrogens is 314 g/mol. The zero-order valence-corrected chi connectivity index (χ0v) is 14.7. The Morgan fingerprint density at radius 1 is 1.12 bits per heavy atom. The van der Waals surface area contributed by atoms with Crippen LogP contribution in [0.3, 0.4) is 0 Å². The molecule has 0 spiro atoms. The molecule has 2 aromatic heterocycles. The number of benzene rings is 1. The van der Waals surface area contributed by atoms with Crippen molar-refractivity contribution in [1.29, 1.82) is 0 Å². The smallest absolute Gasteiger partial charge is 0.261 e. The van der Waals surface area contributed by atoms with E-state index in [0.717, 1.165) is 17.7 Å². The van der Waals surface area contributed by atoms with Crippen molar-refractivity contribution in [3.8, 4) is 0 Å². The molecule has 0 fully saturated rings. The minimum absolute atomic E-state index is 0.132. The number of nitrogens with zero attached hydrogens (tertiary/aromatic N) is 2. The lowest BCUT2D eigenvalue weighted by Crippen LogP contribution is -2.24. The van der Waals surface area contributed by atoms with Gasteiger partial charge in [0.2, 0.25) is 5.43 Å². The van der Waals surface area contributed by atoms with Gasteiger partial charge in [-0.15, -0.1) is 0 Å². The van der Waals surface area contributed by atoms with Gasteiger partial charge in [-0.25, -0.2) is 4.98 Å². The second-order valence-corrected chi connectivity index (χ2v) is 6.21. The Morgan fingerprint density at radius 2 is 1.84 bits per heavy atom. The average Bonchev–Trinajstić information content (AvgIpc) is 2.59. The summed E-state index contributed by atoms with van der Waals surface area (Å²) in [5.74, 6) is -0.402. The van der Waals surface area contributed by atoms with Gasteiger partial charge in [0.15, 0.2) is 0 Å². The van der Waals surface area contributed by atoms with Crippen molar-refractivity contribution in [1.82, 2.24) is 9.55 Å². The number of aryl methyl sites for hydroxylation is 3. The van der Waals surface area contributed by atoms with Crippen LogP contribution in [0.4, 0.5) is 5.69 Å². The monoisotopic (exact) mass is 335 g/mol. The van der Waals surface area contributed by atoms with Gasteiger partial charge in [0.05, 0.1) is 5.39 Å². The summed E-state index contributed by atoms with van der Waals surface area (Å²) in [6.45, 7) is 6.61. The van der Waals surface area contributed by atoms with Gasteiger partial charge in [-0.2, -0.15) is 0 Å². The Hall–Kier alpha value is -2.95. The molecule has 3 rings (SSSR count). The van der Waals surface area contributed by atoms with E-state index in [2.05, 4.69) is 10.3 Å². The van der Waals surface area contributed by atoms with Crippen LogP contribution >= 0.6 is 0 Å². The predicted molar refractivity (Wildman–Crippen MR) is 100 cm³/mol. The van der Waals surface area contributed by atoms with Crippen LogP contribution in [-0.2, 0) is 6.54 Å². The lowest BCUT2D eigenvalue weighted by Gasteiger charge is -2.12. The molecule has 0 aliphatic heterocycles. The Labute approximate surface area is 146 Å². The highest BCUT2D eigenvalue weighted by atomic mass is 16.2. The van der Waals surface area contributed by atoms with Crippen molar-refractivity contribution < 1.29 is 4.79 Å². The van der Waals surface area contributed by atoms with E-state index in [0.29, 0.717) is 23.3 Å². The Balaban J connectivity index is 2.07. The van der Waals surface area contributed by atoms with Crippen LogP contribution in [0.25, 0.3) is 11.0 Å². The third kappa shape index (κ3) is 3.45. The molecule has 0 saturated carbocycles. The first-order chi connectivity index (χ1) is 12.0. The molecule has 0 aliphatic rings. The molecule has 2 heterocycles. The summed E-state index contributed by atoms with van der Waals surface area (Å²) in [4.78, 5) is 29.9. The number of carbonyl (C=O) groups excluding carboxylic acids is 1. The van der Waals surface area contributed by atoms with Gasteiger partial charge in [0.1, 0.15) is 11.2 Å². The van der Waals surface area contributed by atoms with Crippen molar-refractivity contribution in [3.63, 3.8) is 0 Å². The lowest BCUT2D eigenvalue weighted by molar-refractivity contribution is 0.102. The first-order valence-corrected chi connectivity index (χ1v) is 8.38. The summed E-state index contributed by atoms with van der Waals surface area (Å²) in [5, 5.41) is 3.27. The minimum Gasteiger partial charge on any atom is -0.331 e. The van der Waals surface area contributed by atoms with Crippen LogP contribution in [-0.4, -0.2) is 15.5 Å². The standard InChI is InChI=1S/C20H21N3O2/c1-4-11-23-12-17(18(24)16-10-7-14(3)21-19(16)23)20(25)22-15-8-5-13(2)6-9-15/h5-10,12H,4,11H2,1-3H3,(H,22,25). The molecule has 5 heteroatoms. The summed E-state index contributed by atoms with van der Waals surface area (Å²) < 4.78 is 1.88. The van der Waals surface area contributed by atoms with E-state index in [1.165, 1.54) is 0 Å². The summed E-state index contributed by atoms with van der Waals surface area (Å²) in [6.07, 6.45) is 2.50. The van der Waals surface area contributed by atoms with Crippen molar-refractivity contribution in [3.05, 3.63) is 69.6 Å². The van der Waals surface area contributed by atoms with Crippen molar-refractivity contribution in [2.75, 3.05) is 5.32 Å². The van der Waals surface area contributed by atoms with E-state index in [4.69, 9.17) is 0 Å². The highest BCUT2D eigenvalue weighted by molar-refractivity contribution is 6.05. The van der Waals surface area contributed by atoms with Crippen LogP contribution in [0.1, 0.15) is 35.0 Å². The van der Waals surface area contributed by atoms with Crippen LogP contribution in [0.5, 0.6) is 0 Å². The molecule has 0 aliphatic carbocycles. The quantitative estimate of drug-likeness (QED) is 0.791. The van der Waals surface area contributed by atoms with Crippen molar-refractivity contribution >= 4 is 22.6 Å². The minimum atomic E-state index is -0.402. The number of carbonyl (C=O) groups is 1. The highest BCUT2D eigenvalue weighted by Gasteiger charge is 2.16. The zero-order chi connectivity index (χ0) is 18.0. The van der Waals surface area contributed by atoms with Gasteiger partial charge >= 0.3 is 0 Å². The third-order valence-electron chi connectivity index (χ3n) is 4.08. The molecule has 0 radical (unpaired) electrons. The number of rotatable bonds is 4. The summed E-state index contributed by atoms with van der Waals surface area (Å²) in [7, 11) is 0. The highest BCUT2D eigenvalue weighted by Crippen LogP contribution is 2.14. The lowest BCUT2D eigenvalue weighted by atomic mass is 10.1. The van der Waals surface area contributed by atoms with E-state index < -0.39 is 5.91 Å². The van der Waals surface area contributed by atoms with E-state index in [1.54, 1.807) is 18.3 Å². The van der Waals surface area contributed by atoms with E-state index >= 15 is 0 Å². The van der Waals surface area contributed by atoms with E-state index in [9.17, 15) is 9.59 Å². The maximum absolute atomic E-state index is 12.8. The van der Waals surface area contributed by atoms with Gasteiger partial charge in [-0.1, -0.05) is 24.6 Å². The molecule has 1 aromatic carbocycles. The Morgan fingerprint density at radius 3 is 2.52 bits per heavy atom. The molecule has 0 bridgehead atoms. The molecule has 0 unspecified atom stereocenters. The van der Waals surface area contributed by atoms with Gasteiger partial charge in [0.25, 0.3) is 5.91 Å². The number of aromatic nitrogens is 2. The van der Waals surface area contributed by atoms with Gasteiger partial charge in [-0.05, 0) is 44.5 Å². The van der Waals surface area contributed by atoms with Gasteiger partial charge in [-0.3, -0.25) is 9.59 Å². The maximum Gasteiger partial charge on any atom is 0.261 e. The normalized spacial score (nSPS) is 10.8. The number of anilines is 1. The molecule has 0 saturated heterocycles. The van der Waals surface area contributed by atoms with Crippen LogP contribution < -0.4 is 10.7 Å². The van der Waals surface area contributed by atoms with Crippen molar-refractivity contribution in [2.24, 2.45) is 0 Å². The largest absolute Gasteiger partial charge is 0.331 e. The fourth-order valence-corrected chi connectivity index (χ4v) is 2.77. The predicted octanol–water partition coefficient (Wildman–Crippen LogP) is 3.68. The first kappa shape index (κ1) is 16.9. The number of nitrogens with one attached hydrogen (secondary N) is 1. The van der Waals surface area contributed by atoms with E-state index in [1.807, 2.05) is 49.6 Å². The van der Waals surface area contributed by atoms with E-state index in [-0.39, 0.29) is 11.0 Å². The summed E-state index contributed by atoms with van der Waals surface area (Å²) in [5.41, 5.74) is 3.08. The fourth-order valence-electron chi connectivity index (χ4n) is 2.77. The van der Waals surface area contributed by atoms with Crippen LogP contribution in [0.2, 0.25) is 0 Å². The molecule has 0 atom stereocenters. The molecule has 1 amide bonds. The van der Waals surface area contributed by atoms with Gasteiger partial charge < -0.3 is 9.88 Å². The molecule has 3 aromatic rings. The number of hydrogen-bond donors (Lipinski definition) is 1. The molecular formula is C20H21N3O2. The maximum atomic E-state index is 12.8. The number of pyridine rings is 2. The summed E-state index contributed by atoms with van der Waals surface area (Å²) >= 11 is 0. The molecule has 5 nitrogen and oxygen atoms in total. The Bertz CT molecular complexity index is 988. The second kappa shape index (κ2) is 6.89. The second-order valence-electron chi connectivity index (χ2n) is 6.21. The average molecular weight is 335 g/mol. The molecule has 128 valence electrons. The topological polar surface area (TPSA) is 64.0 Å². The zero-order valence-electron chi connectivity index (χ0n) is 14.7. The first-order valence-electron chi connectivity index (χ1n) is 8.38. The third-order valence-corrected chi connectivity index (χ3v) is 4.08. The van der Waals surface area contributed by atoms with Crippen LogP contribution in [0, 0.1) is 13.8 Å². The SMILES string of the molecule is CCCn1cc(C(=O)Nc2ccc(C)cc2)c(=O)c2ccc(C)nc21. The Kier molecular flexibility index (Phi) is 4.65. The van der Waals surface area contributed by atoms with Crippen molar-refractivity contribution in [2.45, 2.75) is 33.7 Å².